The van der Waals surface area contributed by atoms with Gasteiger partial charge < -0.3 is 14.2 Å². The molecule has 0 saturated heterocycles. The Labute approximate surface area is 190 Å². The molecule has 1 N–H and O–H groups in total. The van der Waals surface area contributed by atoms with Gasteiger partial charge in [-0.25, -0.2) is 4.98 Å². The highest BCUT2D eigenvalue weighted by atomic mass is 32.1. The lowest BCUT2D eigenvalue weighted by molar-refractivity contribution is -0.111. The number of hydrogen-bond acceptors (Lipinski definition) is 6. The molecule has 3 aromatic carbocycles. The Balaban J connectivity index is 1.41. The third-order valence-electron chi connectivity index (χ3n) is 4.68. The molecule has 162 valence electrons. The molecular formula is C25H22N2O4S. The number of carbonyl (C=O) groups excluding carboxylic acids is 1. The first-order valence-electron chi connectivity index (χ1n) is 9.93. The number of nitrogens with one attached hydrogen (secondary N) is 1. The van der Waals surface area contributed by atoms with E-state index in [1.807, 2.05) is 66.7 Å². The van der Waals surface area contributed by atoms with E-state index in [0.29, 0.717) is 29.0 Å². The molecular weight excluding hydrogens is 424 g/mol. The summed E-state index contributed by atoms with van der Waals surface area (Å²) >= 11 is 1.39. The van der Waals surface area contributed by atoms with E-state index in [4.69, 9.17) is 14.2 Å². The summed E-state index contributed by atoms with van der Waals surface area (Å²) in [4.78, 5) is 16.8. The summed E-state index contributed by atoms with van der Waals surface area (Å²) in [6.45, 7) is 0.446. The van der Waals surface area contributed by atoms with E-state index in [1.165, 1.54) is 17.4 Å². The Morgan fingerprint density at radius 3 is 2.56 bits per heavy atom. The van der Waals surface area contributed by atoms with Crippen molar-refractivity contribution < 1.29 is 19.0 Å². The molecule has 0 unspecified atom stereocenters. The van der Waals surface area contributed by atoms with Crippen LogP contribution in [-0.4, -0.2) is 25.1 Å². The number of thiazole rings is 1. The number of ether oxygens (including phenoxy) is 3. The van der Waals surface area contributed by atoms with Crippen molar-refractivity contribution in [3.05, 3.63) is 83.9 Å². The normalized spacial score (nSPS) is 10.9. The fourth-order valence-electron chi connectivity index (χ4n) is 3.10. The van der Waals surface area contributed by atoms with E-state index >= 15 is 0 Å². The van der Waals surface area contributed by atoms with Crippen LogP contribution in [0.15, 0.2) is 72.8 Å². The largest absolute Gasteiger partial charge is 0.494 e. The first-order valence-corrected chi connectivity index (χ1v) is 10.8. The lowest BCUT2D eigenvalue weighted by Crippen LogP contribution is -2.07. The van der Waals surface area contributed by atoms with Gasteiger partial charge in [0, 0.05) is 6.08 Å². The maximum atomic E-state index is 12.4. The van der Waals surface area contributed by atoms with Crippen LogP contribution in [0.2, 0.25) is 0 Å². The maximum Gasteiger partial charge on any atom is 0.250 e. The molecule has 0 fully saturated rings. The Kier molecular flexibility index (Phi) is 6.67. The Hall–Kier alpha value is -3.84. The molecule has 1 heterocycles. The van der Waals surface area contributed by atoms with Crippen LogP contribution < -0.4 is 19.5 Å². The molecule has 7 heteroatoms. The van der Waals surface area contributed by atoms with Crippen molar-refractivity contribution in [2.24, 2.45) is 0 Å². The van der Waals surface area contributed by atoms with Crippen molar-refractivity contribution in [3.8, 4) is 17.2 Å². The van der Waals surface area contributed by atoms with Crippen LogP contribution >= 0.6 is 11.3 Å². The molecule has 0 aliphatic carbocycles. The lowest BCUT2D eigenvalue weighted by Gasteiger charge is -2.11. The molecule has 0 atom stereocenters. The second-order valence-corrected chi connectivity index (χ2v) is 7.86. The molecule has 0 aliphatic heterocycles. The fourth-order valence-corrected chi connectivity index (χ4v) is 3.99. The highest BCUT2D eigenvalue weighted by molar-refractivity contribution is 7.22. The van der Waals surface area contributed by atoms with Crippen LogP contribution in [0, 0.1) is 0 Å². The minimum Gasteiger partial charge on any atom is -0.494 e. The van der Waals surface area contributed by atoms with Gasteiger partial charge >= 0.3 is 0 Å². The number of nitrogens with zero attached hydrogens (tertiary/aromatic N) is 1. The monoisotopic (exact) mass is 446 g/mol. The topological polar surface area (TPSA) is 69.7 Å². The third kappa shape index (κ3) is 5.07. The summed E-state index contributed by atoms with van der Waals surface area (Å²) < 4.78 is 17.6. The number of anilines is 1. The lowest BCUT2D eigenvalue weighted by atomic mass is 10.2. The highest BCUT2D eigenvalue weighted by Crippen LogP contribution is 2.32. The number of para-hydroxylation sites is 1. The fraction of sp³-hybridized carbons (Fsp3) is 0.120. The van der Waals surface area contributed by atoms with Crippen LogP contribution in [0.25, 0.3) is 16.3 Å². The molecule has 6 nitrogen and oxygen atoms in total. The first kappa shape index (κ1) is 21.4. The van der Waals surface area contributed by atoms with E-state index in [-0.39, 0.29) is 5.91 Å². The van der Waals surface area contributed by atoms with E-state index in [2.05, 4.69) is 10.3 Å². The van der Waals surface area contributed by atoms with Gasteiger partial charge in [0.05, 0.1) is 18.9 Å². The molecule has 0 spiro atoms. The van der Waals surface area contributed by atoms with Gasteiger partial charge in [0.15, 0.2) is 16.6 Å². The van der Waals surface area contributed by atoms with Crippen LogP contribution in [0.5, 0.6) is 17.2 Å². The summed E-state index contributed by atoms with van der Waals surface area (Å²) in [5.74, 6) is 1.64. The second kappa shape index (κ2) is 9.98. The number of amides is 1. The van der Waals surface area contributed by atoms with Gasteiger partial charge in [-0.05, 0) is 41.5 Å². The van der Waals surface area contributed by atoms with E-state index in [1.54, 1.807) is 20.3 Å². The minimum atomic E-state index is -0.272. The van der Waals surface area contributed by atoms with Gasteiger partial charge in [-0.15, -0.1) is 0 Å². The van der Waals surface area contributed by atoms with E-state index in [9.17, 15) is 4.79 Å². The predicted molar refractivity (Wildman–Crippen MR) is 128 cm³/mol. The zero-order valence-corrected chi connectivity index (χ0v) is 18.5. The number of fused-ring (bicyclic) bond motifs is 1. The third-order valence-corrected chi connectivity index (χ3v) is 5.62. The molecule has 1 aromatic heterocycles. The zero-order chi connectivity index (χ0) is 22.3. The van der Waals surface area contributed by atoms with Crippen molar-refractivity contribution in [2.75, 3.05) is 19.5 Å². The Morgan fingerprint density at radius 1 is 0.969 bits per heavy atom. The average Bonchev–Trinajstić information content (AvgIpc) is 3.24. The molecule has 0 bridgehead atoms. The van der Waals surface area contributed by atoms with Crippen LogP contribution in [-0.2, 0) is 11.4 Å². The zero-order valence-electron chi connectivity index (χ0n) is 17.7. The standard InChI is InChI=1S/C25H22N2O4S/c1-29-20-9-6-10-22-24(20)27-25(32-22)26-23(28)14-12-17-11-13-19(21(15-17)30-2)31-16-18-7-4-3-5-8-18/h3-15H,16H2,1-2H3,(H,26,27,28)/b14-12+. The number of benzene rings is 3. The molecule has 0 saturated carbocycles. The van der Waals surface area contributed by atoms with Crippen molar-refractivity contribution >= 4 is 38.7 Å². The van der Waals surface area contributed by atoms with Crippen molar-refractivity contribution in [2.45, 2.75) is 6.61 Å². The van der Waals surface area contributed by atoms with Gasteiger partial charge in [0.2, 0.25) is 5.91 Å². The summed E-state index contributed by atoms with van der Waals surface area (Å²) in [6, 6.07) is 21.1. The van der Waals surface area contributed by atoms with Crippen molar-refractivity contribution in [3.63, 3.8) is 0 Å². The average molecular weight is 447 g/mol. The molecule has 0 aliphatic rings. The van der Waals surface area contributed by atoms with Gasteiger partial charge in [0.1, 0.15) is 17.9 Å². The SMILES string of the molecule is COc1cc(/C=C/C(=O)Nc2nc3c(OC)cccc3s2)ccc1OCc1ccccc1. The minimum absolute atomic E-state index is 0.272. The number of aromatic nitrogens is 1. The Bertz CT molecular complexity index is 1250. The maximum absolute atomic E-state index is 12.4. The van der Waals surface area contributed by atoms with Gasteiger partial charge in [-0.2, -0.15) is 0 Å². The van der Waals surface area contributed by atoms with E-state index < -0.39 is 0 Å². The van der Waals surface area contributed by atoms with Crippen molar-refractivity contribution in [1.29, 1.82) is 0 Å². The predicted octanol–water partition coefficient (Wildman–Crippen LogP) is 5.54. The van der Waals surface area contributed by atoms with E-state index in [0.717, 1.165) is 21.3 Å². The second-order valence-electron chi connectivity index (χ2n) is 6.83. The first-order chi connectivity index (χ1) is 15.7. The quantitative estimate of drug-likeness (QED) is 0.360. The van der Waals surface area contributed by atoms with Gasteiger partial charge in [-0.3, -0.25) is 10.1 Å². The summed E-state index contributed by atoms with van der Waals surface area (Å²) in [7, 11) is 3.19. The summed E-state index contributed by atoms with van der Waals surface area (Å²) in [6.07, 6.45) is 3.18. The molecule has 32 heavy (non-hydrogen) atoms. The van der Waals surface area contributed by atoms with Gasteiger partial charge in [-0.1, -0.05) is 53.8 Å². The summed E-state index contributed by atoms with van der Waals surface area (Å²) in [5.41, 5.74) is 2.62. The molecule has 4 rings (SSSR count). The summed E-state index contributed by atoms with van der Waals surface area (Å²) in [5, 5.41) is 3.32. The molecule has 4 aromatic rings. The number of carbonyl (C=O) groups is 1. The smallest absolute Gasteiger partial charge is 0.250 e. The van der Waals surface area contributed by atoms with Gasteiger partial charge in [0.25, 0.3) is 0 Å². The Morgan fingerprint density at radius 2 is 1.78 bits per heavy atom. The van der Waals surface area contributed by atoms with Crippen LogP contribution in [0.1, 0.15) is 11.1 Å². The van der Waals surface area contributed by atoms with Crippen LogP contribution in [0.4, 0.5) is 5.13 Å². The molecule has 0 radical (unpaired) electrons. The highest BCUT2D eigenvalue weighted by Gasteiger charge is 2.10. The number of hydrogen-bond donors (Lipinski definition) is 1. The molecule has 1 amide bonds. The van der Waals surface area contributed by atoms with Crippen LogP contribution in [0.3, 0.4) is 0 Å². The number of methoxy groups -OCH3 is 2. The van der Waals surface area contributed by atoms with Crippen molar-refractivity contribution in [1.82, 2.24) is 4.98 Å². The number of rotatable bonds is 8.